The van der Waals surface area contributed by atoms with Gasteiger partial charge < -0.3 is 20.8 Å². The van der Waals surface area contributed by atoms with Gasteiger partial charge in [-0.05, 0) is 49.7 Å². The highest BCUT2D eigenvalue weighted by Crippen LogP contribution is 2.34. The van der Waals surface area contributed by atoms with Gasteiger partial charge in [-0.1, -0.05) is 6.92 Å². The zero-order chi connectivity index (χ0) is 22.7. The summed E-state index contributed by atoms with van der Waals surface area (Å²) in [7, 11) is 1.53. The molecule has 164 valence electrons. The minimum absolute atomic E-state index is 0.226. The number of methoxy groups -OCH3 is 1. The van der Waals surface area contributed by atoms with E-state index in [4.69, 9.17) is 15.5 Å². The number of aromatic nitrogens is 5. The molecule has 0 amide bonds. The molecule has 4 aromatic rings. The number of rotatable bonds is 7. The lowest BCUT2D eigenvalue weighted by molar-refractivity contribution is 0.415. The van der Waals surface area contributed by atoms with Crippen molar-refractivity contribution in [2.75, 3.05) is 18.2 Å². The van der Waals surface area contributed by atoms with Crippen molar-refractivity contribution >= 4 is 11.8 Å². The van der Waals surface area contributed by atoms with E-state index in [9.17, 15) is 4.39 Å². The average Bonchev–Trinajstić information content (AvgIpc) is 3.25. The van der Waals surface area contributed by atoms with E-state index in [1.54, 1.807) is 36.7 Å². The fraction of sp³-hybridized carbons (Fsp3) is 0.217. The van der Waals surface area contributed by atoms with Crippen LogP contribution in [0.2, 0.25) is 0 Å². The number of H-pyrrole nitrogens is 1. The number of nitrogen functional groups attached to an aromatic ring is 1. The molecule has 32 heavy (non-hydrogen) atoms. The van der Waals surface area contributed by atoms with Crippen LogP contribution in [0.1, 0.15) is 20.3 Å². The monoisotopic (exact) mass is 433 g/mol. The number of nitrogens with zero attached hydrogens (tertiary/aromatic N) is 4. The van der Waals surface area contributed by atoms with Crippen molar-refractivity contribution in [2.24, 2.45) is 0 Å². The normalized spacial score (nSPS) is 11.9. The van der Waals surface area contributed by atoms with Crippen LogP contribution in [0.15, 0.2) is 48.8 Å². The number of nitrogens with one attached hydrogen (secondary N) is 2. The Hall–Kier alpha value is -4.01. The Balaban J connectivity index is 1.85. The molecule has 0 aliphatic rings. The van der Waals surface area contributed by atoms with Crippen molar-refractivity contribution in [3.63, 3.8) is 0 Å². The number of benzene rings is 1. The molecule has 9 heteroatoms. The second kappa shape index (κ2) is 9.01. The van der Waals surface area contributed by atoms with Gasteiger partial charge in [-0.3, -0.25) is 0 Å². The Bertz CT molecular complexity index is 1220. The maximum atomic E-state index is 13.4. The average molecular weight is 433 g/mol. The fourth-order valence-electron chi connectivity index (χ4n) is 3.15. The predicted molar refractivity (Wildman–Crippen MR) is 123 cm³/mol. The van der Waals surface area contributed by atoms with Crippen molar-refractivity contribution < 1.29 is 9.13 Å². The molecule has 4 N–H and O–H groups in total. The van der Waals surface area contributed by atoms with E-state index in [1.807, 2.05) is 0 Å². The van der Waals surface area contributed by atoms with Crippen LogP contribution < -0.4 is 15.8 Å². The van der Waals surface area contributed by atoms with Crippen LogP contribution in [0.25, 0.3) is 34.0 Å². The highest BCUT2D eigenvalue weighted by Gasteiger charge is 2.19. The molecule has 0 radical (unpaired) electrons. The standard InChI is InChI=1S/C23H24FN7O/c1-4-13(2)28-23-26-10-9-17(29-23)20-19(15-11-18(32-3)21(25)27-12-15)30-22(31-20)14-5-7-16(24)8-6-14/h5-13H,4H2,1-3H3,(H2,25,27)(H,30,31)(H,26,28,29)/t13-/m0/s1. The molecule has 0 unspecified atom stereocenters. The van der Waals surface area contributed by atoms with Crippen LogP contribution in [0.3, 0.4) is 0 Å². The predicted octanol–water partition coefficient (Wildman–Crippen LogP) is 4.54. The molecule has 0 spiro atoms. The number of nitrogens with two attached hydrogens (primary N) is 1. The van der Waals surface area contributed by atoms with Crippen molar-refractivity contribution in [3.05, 3.63) is 54.6 Å². The first-order valence-electron chi connectivity index (χ1n) is 10.2. The Labute approximate surface area is 185 Å². The van der Waals surface area contributed by atoms with E-state index in [2.05, 4.69) is 39.1 Å². The smallest absolute Gasteiger partial charge is 0.223 e. The topological polar surface area (TPSA) is 115 Å². The van der Waals surface area contributed by atoms with Gasteiger partial charge in [-0.2, -0.15) is 0 Å². The van der Waals surface area contributed by atoms with Gasteiger partial charge in [0.15, 0.2) is 11.6 Å². The molecule has 8 nitrogen and oxygen atoms in total. The van der Waals surface area contributed by atoms with Gasteiger partial charge in [0.05, 0.1) is 18.5 Å². The lowest BCUT2D eigenvalue weighted by atomic mass is 10.1. The number of aromatic amines is 1. The van der Waals surface area contributed by atoms with Gasteiger partial charge in [0.2, 0.25) is 5.95 Å². The molecule has 0 bridgehead atoms. The lowest BCUT2D eigenvalue weighted by Crippen LogP contribution is -2.15. The zero-order valence-corrected chi connectivity index (χ0v) is 18.1. The van der Waals surface area contributed by atoms with E-state index < -0.39 is 0 Å². The molecule has 4 rings (SSSR count). The summed E-state index contributed by atoms with van der Waals surface area (Å²) < 4.78 is 18.8. The molecule has 3 aromatic heterocycles. The molecular formula is C23H24FN7O. The minimum atomic E-state index is -0.315. The fourth-order valence-corrected chi connectivity index (χ4v) is 3.15. The number of hydrogen-bond acceptors (Lipinski definition) is 7. The van der Waals surface area contributed by atoms with Crippen LogP contribution in [0.5, 0.6) is 5.75 Å². The van der Waals surface area contributed by atoms with Gasteiger partial charge >= 0.3 is 0 Å². The Morgan fingerprint density at radius 1 is 1.12 bits per heavy atom. The molecule has 0 fully saturated rings. The van der Waals surface area contributed by atoms with E-state index >= 15 is 0 Å². The Kier molecular flexibility index (Phi) is 5.98. The van der Waals surface area contributed by atoms with Gasteiger partial charge in [0.25, 0.3) is 0 Å². The SMILES string of the molecule is CC[C@H](C)Nc1nccc(-c2nc(-c3ccc(F)cc3)[nH]c2-c2cnc(N)c(OC)c2)n1. The molecule has 0 saturated carbocycles. The highest BCUT2D eigenvalue weighted by atomic mass is 19.1. The quantitative estimate of drug-likeness (QED) is 0.392. The first-order chi connectivity index (χ1) is 15.5. The summed E-state index contributed by atoms with van der Waals surface area (Å²) in [5.41, 5.74) is 9.27. The van der Waals surface area contributed by atoms with Gasteiger partial charge in [0.1, 0.15) is 17.3 Å². The third-order valence-corrected chi connectivity index (χ3v) is 5.10. The molecule has 1 atom stereocenters. The van der Waals surface area contributed by atoms with Crippen LogP contribution >= 0.6 is 0 Å². The summed E-state index contributed by atoms with van der Waals surface area (Å²) in [6.45, 7) is 4.15. The molecular weight excluding hydrogens is 409 g/mol. The second-order valence-corrected chi connectivity index (χ2v) is 7.35. The number of anilines is 2. The van der Waals surface area contributed by atoms with E-state index in [1.165, 1.54) is 19.2 Å². The van der Waals surface area contributed by atoms with Gasteiger partial charge in [-0.25, -0.2) is 24.3 Å². The third-order valence-electron chi connectivity index (χ3n) is 5.10. The van der Waals surface area contributed by atoms with Crippen LogP contribution in [0.4, 0.5) is 16.2 Å². The number of imidazole rings is 1. The molecule has 0 saturated heterocycles. The van der Waals surface area contributed by atoms with Crippen molar-refractivity contribution in [1.29, 1.82) is 0 Å². The second-order valence-electron chi connectivity index (χ2n) is 7.35. The largest absolute Gasteiger partial charge is 0.493 e. The van der Waals surface area contributed by atoms with Gasteiger partial charge in [-0.15, -0.1) is 0 Å². The number of hydrogen-bond donors (Lipinski definition) is 3. The van der Waals surface area contributed by atoms with Crippen molar-refractivity contribution in [3.8, 4) is 39.8 Å². The third kappa shape index (κ3) is 4.36. The summed E-state index contributed by atoms with van der Waals surface area (Å²) in [6.07, 6.45) is 4.26. The summed E-state index contributed by atoms with van der Waals surface area (Å²) in [6, 6.07) is 9.92. The lowest BCUT2D eigenvalue weighted by Gasteiger charge is -2.11. The minimum Gasteiger partial charge on any atom is -0.493 e. The number of halogens is 1. The van der Waals surface area contributed by atoms with Crippen LogP contribution in [-0.2, 0) is 0 Å². The highest BCUT2D eigenvalue weighted by molar-refractivity contribution is 5.80. The summed E-state index contributed by atoms with van der Waals surface area (Å²) in [5, 5.41) is 3.28. The molecule has 1 aromatic carbocycles. The zero-order valence-electron chi connectivity index (χ0n) is 18.1. The summed E-state index contributed by atoms with van der Waals surface area (Å²) >= 11 is 0. The van der Waals surface area contributed by atoms with Gasteiger partial charge in [0, 0.05) is 29.6 Å². The van der Waals surface area contributed by atoms with Crippen molar-refractivity contribution in [1.82, 2.24) is 24.9 Å². The Morgan fingerprint density at radius 3 is 2.62 bits per heavy atom. The maximum Gasteiger partial charge on any atom is 0.223 e. The summed E-state index contributed by atoms with van der Waals surface area (Å²) in [5.74, 6) is 1.51. The van der Waals surface area contributed by atoms with E-state index in [0.29, 0.717) is 34.6 Å². The van der Waals surface area contributed by atoms with Crippen molar-refractivity contribution in [2.45, 2.75) is 26.3 Å². The van der Waals surface area contributed by atoms with E-state index in [0.717, 1.165) is 17.5 Å². The number of ether oxygens (including phenoxy) is 1. The first kappa shape index (κ1) is 21.2. The molecule has 3 heterocycles. The molecule has 0 aliphatic heterocycles. The van der Waals surface area contributed by atoms with Crippen LogP contribution in [0, 0.1) is 5.82 Å². The van der Waals surface area contributed by atoms with E-state index in [-0.39, 0.29) is 17.7 Å². The maximum absolute atomic E-state index is 13.4. The van der Waals surface area contributed by atoms with Crippen LogP contribution in [-0.4, -0.2) is 38.1 Å². The first-order valence-corrected chi connectivity index (χ1v) is 10.2. The number of pyridine rings is 1. The summed E-state index contributed by atoms with van der Waals surface area (Å²) in [4.78, 5) is 21.3. The molecule has 0 aliphatic carbocycles. The Morgan fingerprint density at radius 2 is 1.91 bits per heavy atom.